The number of rotatable bonds is 6. The van der Waals surface area contributed by atoms with E-state index in [1.54, 1.807) is 6.92 Å². The number of amides is 4. The number of fused-ring (bicyclic) bond motifs is 1. The van der Waals surface area contributed by atoms with Crippen molar-refractivity contribution in [3.05, 3.63) is 34.9 Å². The second-order valence-electron chi connectivity index (χ2n) is 7.36. The van der Waals surface area contributed by atoms with Crippen molar-refractivity contribution in [1.29, 1.82) is 0 Å². The number of imide groups is 1. The summed E-state index contributed by atoms with van der Waals surface area (Å²) in [6.45, 7) is 5.45. The summed E-state index contributed by atoms with van der Waals surface area (Å²) in [6, 6.07) is 5.53. The van der Waals surface area contributed by atoms with Gasteiger partial charge in [-0.3, -0.25) is 14.5 Å². The monoisotopic (exact) mass is 357 g/mol. The first-order chi connectivity index (χ1) is 12.4. The highest BCUT2D eigenvalue weighted by molar-refractivity contribution is 6.09. The first kappa shape index (κ1) is 18.4. The molecule has 1 aromatic carbocycles. The van der Waals surface area contributed by atoms with Crippen LogP contribution in [-0.4, -0.2) is 35.3 Å². The first-order valence-electron chi connectivity index (χ1n) is 9.44. The quantitative estimate of drug-likeness (QED) is 0.767. The largest absolute Gasteiger partial charge is 0.352 e. The SMILES string of the molecule is CCC(CC)NC(=O)CN1C(=O)N[C@](C)(c2ccc3c(c2)CCC3)C1=O. The van der Waals surface area contributed by atoms with E-state index in [4.69, 9.17) is 0 Å². The van der Waals surface area contributed by atoms with Gasteiger partial charge in [-0.25, -0.2) is 4.79 Å². The van der Waals surface area contributed by atoms with Crippen LogP contribution in [-0.2, 0) is 28.0 Å². The van der Waals surface area contributed by atoms with E-state index in [1.807, 2.05) is 32.0 Å². The maximum Gasteiger partial charge on any atom is 0.325 e. The molecule has 3 rings (SSSR count). The molecule has 0 saturated carbocycles. The normalized spacial score (nSPS) is 21.9. The molecule has 0 aromatic heterocycles. The van der Waals surface area contributed by atoms with E-state index < -0.39 is 11.6 Å². The summed E-state index contributed by atoms with van der Waals surface area (Å²) >= 11 is 0. The number of urea groups is 1. The van der Waals surface area contributed by atoms with Crippen LogP contribution in [0.25, 0.3) is 0 Å². The van der Waals surface area contributed by atoms with Crippen molar-refractivity contribution in [3.8, 4) is 0 Å². The van der Waals surface area contributed by atoms with Crippen LogP contribution < -0.4 is 10.6 Å². The van der Waals surface area contributed by atoms with E-state index in [-0.39, 0.29) is 24.4 Å². The lowest BCUT2D eigenvalue weighted by atomic mass is 9.89. The lowest BCUT2D eigenvalue weighted by Crippen LogP contribution is -2.45. The molecule has 0 bridgehead atoms. The van der Waals surface area contributed by atoms with Gasteiger partial charge in [0.2, 0.25) is 5.91 Å². The molecular weight excluding hydrogens is 330 g/mol. The van der Waals surface area contributed by atoms with Crippen molar-refractivity contribution in [2.75, 3.05) is 6.54 Å². The third-order valence-electron chi connectivity index (χ3n) is 5.60. The van der Waals surface area contributed by atoms with Gasteiger partial charge in [0.25, 0.3) is 5.91 Å². The van der Waals surface area contributed by atoms with Crippen LogP contribution >= 0.6 is 0 Å². The Bertz CT molecular complexity index is 742. The van der Waals surface area contributed by atoms with Gasteiger partial charge < -0.3 is 10.6 Å². The number of carbonyl (C=O) groups excluding carboxylic acids is 3. The first-order valence-corrected chi connectivity index (χ1v) is 9.44. The number of benzene rings is 1. The molecule has 1 aromatic rings. The maximum atomic E-state index is 13.0. The van der Waals surface area contributed by atoms with E-state index in [0.717, 1.165) is 42.6 Å². The number of hydrogen-bond donors (Lipinski definition) is 2. The van der Waals surface area contributed by atoms with Gasteiger partial charge in [0.05, 0.1) is 0 Å². The van der Waals surface area contributed by atoms with Gasteiger partial charge in [0.1, 0.15) is 12.1 Å². The number of nitrogens with one attached hydrogen (secondary N) is 2. The predicted octanol–water partition coefficient (Wildman–Crippen LogP) is 2.25. The van der Waals surface area contributed by atoms with Crippen molar-refractivity contribution in [3.63, 3.8) is 0 Å². The molecule has 6 heteroatoms. The molecule has 6 nitrogen and oxygen atoms in total. The van der Waals surface area contributed by atoms with Gasteiger partial charge in [0.15, 0.2) is 0 Å². The Kier molecular flexibility index (Phi) is 5.03. The lowest BCUT2D eigenvalue weighted by molar-refractivity contribution is -0.135. The average molecular weight is 357 g/mol. The second kappa shape index (κ2) is 7.09. The fourth-order valence-electron chi connectivity index (χ4n) is 3.83. The molecule has 0 spiro atoms. The summed E-state index contributed by atoms with van der Waals surface area (Å²) < 4.78 is 0. The van der Waals surface area contributed by atoms with Crippen molar-refractivity contribution >= 4 is 17.8 Å². The van der Waals surface area contributed by atoms with Crippen molar-refractivity contribution in [1.82, 2.24) is 15.5 Å². The summed E-state index contributed by atoms with van der Waals surface area (Å²) in [5.41, 5.74) is 2.22. The molecule has 1 heterocycles. The zero-order chi connectivity index (χ0) is 18.9. The Morgan fingerprint density at radius 1 is 1.23 bits per heavy atom. The Morgan fingerprint density at radius 3 is 2.62 bits per heavy atom. The summed E-state index contributed by atoms with van der Waals surface area (Å²) in [6.07, 6.45) is 4.82. The second-order valence-corrected chi connectivity index (χ2v) is 7.36. The van der Waals surface area contributed by atoms with Gasteiger partial charge in [-0.15, -0.1) is 0 Å². The molecule has 2 N–H and O–H groups in total. The van der Waals surface area contributed by atoms with Gasteiger partial charge in [-0.05, 0) is 55.7 Å². The molecule has 1 fully saturated rings. The van der Waals surface area contributed by atoms with E-state index >= 15 is 0 Å². The lowest BCUT2D eigenvalue weighted by Gasteiger charge is -2.23. The standard InChI is InChI=1S/C20H27N3O3/c1-4-16(5-2)21-17(24)12-23-18(25)20(3,22-19(23)26)15-10-9-13-7-6-8-14(13)11-15/h9-11,16H,4-8,12H2,1-3H3,(H,21,24)(H,22,26)/t20-/m1/s1. The zero-order valence-corrected chi connectivity index (χ0v) is 15.7. The summed E-state index contributed by atoms with van der Waals surface area (Å²) in [7, 11) is 0. The Morgan fingerprint density at radius 2 is 1.92 bits per heavy atom. The number of hydrogen-bond acceptors (Lipinski definition) is 3. The van der Waals surface area contributed by atoms with Crippen molar-refractivity contribution in [2.24, 2.45) is 0 Å². The Balaban J connectivity index is 1.76. The average Bonchev–Trinajstić information content (AvgIpc) is 3.18. The van der Waals surface area contributed by atoms with Crippen molar-refractivity contribution in [2.45, 2.75) is 64.5 Å². The number of aryl methyl sites for hydroxylation is 2. The number of carbonyl (C=O) groups is 3. The van der Waals surface area contributed by atoms with Crippen molar-refractivity contribution < 1.29 is 14.4 Å². The molecule has 4 amide bonds. The van der Waals surface area contributed by atoms with E-state index in [0.29, 0.717) is 0 Å². The third-order valence-corrected chi connectivity index (χ3v) is 5.60. The van der Waals surface area contributed by atoms with Crippen LogP contribution in [0.15, 0.2) is 18.2 Å². The van der Waals surface area contributed by atoms with Crippen LogP contribution in [0.4, 0.5) is 4.79 Å². The zero-order valence-electron chi connectivity index (χ0n) is 15.7. The predicted molar refractivity (Wildman–Crippen MR) is 98.6 cm³/mol. The molecule has 140 valence electrons. The summed E-state index contributed by atoms with van der Waals surface area (Å²) in [5, 5.41) is 5.65. The molecule has 2 aliphatic rings. The maximum absolute atomic E-state index is 13.0. The van der Waals surface area contributed by atoms with E-state index in [1.165, 1.54) is 11.1 Å². The Labute approximate surface area is 154 Å². The highest BCUT2D eigenvalue weighted by Crippen LogP contribution is 2.32. The van der Waals surface area contributed by atoms with Gasteiger partial charge in [0, 0.05) is 6.04 Å². The molecule has 0 unspecified atom stereocenters. The van der Waals surface area contributed by atoms with E-state index in [9.17, 15) is 14.4 Å². The van der Waals surface area contributed by atoms with E-state index in [2.05, 4.69) is 10.6 Å². The summed E-state index contributed by atoms with van der Waals surface area (Å²) in [4.78, 5) is 38.6. The molecule has 1 aliphatic heterocycles. The molecule has 1 atom stereocenters. The van der Waals surface area contributed by atoms with Crippen LogP contribution in [0.1, 0.15) is 56.7 Å². The van der Waals surface area contributed by atoms with Crippen LogP contribution in [0, 0.1) is 0 Å². The summed E-state index contributed by atoms with van der Waals surface area (Å²) in [5.74, 6) is -0.680. The van der Waals surface area contributed by atoms with Crippen LogP contribution in [0.5, 0.6) is 0 Å². The van der Waals surface area contributed by atoms with Gasteiger partial charge >= 0.3 is 6.03 Å². The third kappa shape index (κ3) is 3.20. The van der Waals surface area contributed by atoms with Crippen LogP contribution in [0.3, 0.4) is 0 Å². The van der Waals surface area contributed by atoms with Crippen LogP contribution in [0.2, 0.25) is 0 Å². The highest BCUT2D eigenvalue weighted by atomic mass is 16.2. The van der Waals surface area contributed by atoms with Gasteiger partial charge in [-0.1, -0.05) is 32.0 Å². The highest BCUT2D eigenvalue weighted by Gasteiger charge is 2.49. The fraction of sp³-hybridized carbons (Fsp3) is 0.550. The fourth-order valence-corrected chi connectivity index (χ4v) is 3.83. The van der Waals surface area contributed by atoms with Gasteiger partial charge in [-0.2, -0.15) is 0 Å². The molecule has 0 radical (unpaired) electrons. The minimum atomic E-state index is -1.12. The Hall–Kier alpha value is -2.37. The minimum Gasteiger partial charge on any atom is -0.352 e. The molecule has 26 heavy (non-hydrogen) atoms. The number of nitrogens with zero attached hydrogens (tertiary/aromatic N) is 1. The molecule has 1 saturated heterocycles. The molecule has 1 aliphatic carbocycles. The topological polar surface area (TPSA) is 78.5 Å². The smallest absolute Gasteiger partial charge is 0.325 e. The molecular formula is C20H27N3O3. The minimum absolute atomic E-state index is 0.0614.